The molecule has 2 atom stereocenters. The summed E-state index contributed by atoms with van der Waals surface area (Å²) in [5, 5.41) is 0. The summed E-state index contributed by atoms with van der Waals surface area (Å²) in [6.07, 6.45) is 5.05. The molecular weight excluding hydrogens is 223 g/mol. The number of Topliss-reactive ketones (excluding diaryl/α,β-unsaturated/α-hetero) is 1. The Kier molecular flexibility index (Phi) is 4.85. The molecule has 0 unspecified atom stereocenters. The lowest BCUT2D eigenvalue weighted by molar-refractivity contribution is -0.143. The fourth-order valence-corrected chi connectivity index (χ4v) is 2.22. The number of methoxy groups -OCH3 is 1. The topological polar surface area (TPSA) is 43.4 Å². The zero-order valence-corrected chi connectivity index (χ0v) is 10.4. The van der Waals surface area contributed by atoms with Crippen molar-refractivity contribution < 1.29 is 18.7 Å². The Balaban J connectivity index is 2.72. The van der Waals surface area contributed by atoms with Gasteiger partial charge in [0.15, 0.2) is 11.5 Å². The summed E-state index contributed by atoms with van der Waals surface area (Å²) in [6.45, 7) is 1.95. The highest BCUT2D eigenvalue weighted by molar-refractivity contribution is 5.90. The standard InChI is InChI=1S/C13H19FO3/c1-3-4-5-8-13(14)10(6-7-11(13)15)9-12(16)17-2/h4-5,10H,3,6-9H2,1-2H3/b5-4-/t10-,13+/m0/s1. The van der Waals surface area contributed by atoms with E-state index in [4.69, 9.17) is 0 Å². The van der Waals surface area contributed by atoms with Crippen LogP contribution in [-0.2, 0) is 14.3 Å². The molecule has 0 aliphatic heterocycles. The number of rotatable bonds is 5. The van der Waals surface area contributed by atoms with Gasteiger partial charge >= 0.3 is 5.97 Å². The third-order valence-electron chi connectivity index (χ3n) is 3.29. The Bertz CT molecular complexity index is 325. The third kappa shape index (κ3) is 3.14. The molecule has 0 spiro atoms. The second kappa shape index (κ2) is 5.94. The first kappa shape index (κ1) is 13.9. The molecule has 0 radical (unpaired) electrons. The van der Waals surface area contributed by atoms with E-state index in [2.05, 4.69) is 4.74 Å². The molecule has 4 heteroatoms. The van der Waals surface area contributed by atoms with Crippen LogP contribution in [0.1, 0.15) is 39.0 Å². The maximum absolute atomic E-state index is 14.6. The summed E-state index contributed by atoms with van der Waals surface area (Å²) in [5.74, 6) is -1.37. The van der Waals surface area contributed by atoms with Gasteiger partial charge in [-0.25, -0.2) is 4.39 Å². The van der Waals surface area contributed by atoms with Gasteiger partial charge in [0.1, 0.15) is 0 Å². The first-order chi connectivity index (χ1) is 8.04. The fraction of sp³-hybridized carbons (Fsp3) is 0.692. The molecule has 0 amide bonds. The summed E-state index contributed by atoms with van der Waals surface area (Å²) in [5.41, 5.74) is -1.88. The van der Waals surface area contributed by atoms with Crippen molar-refractivity contribution >= 4 is 11.8 Å². The Labute approximate surface area is 101 Å². The quantitative estimate of drug-likeness (QED) is 0.549. The van der Waals surface area contributed by atoms with Gasteiger partial charge in [-0.2, -0.15) is 0 Å². The van der Waals surface area contributed by atoms with Crippen LogP contribution in [0.2, 0.25) is 0 Å². The van der Waals surface area contributed by atoms with Gasteiger partial charge in [-0.05, 0) is 12.8 Å². The van der Waals surface area contributed by atoms with Crippen LogP contribution in [0.15, 0.2) is 12.2 Å². The molecule has 0 N–H and O–H groups in total. The van der Waals surface area contributed by atoms with Crippen LogP contribution in [0.25, 0.3) is 0 Å². The lowest BCUT2D eigenvalue weighted by Crippen LogP contribution is -2.36. The van der Waals surface area contributed by atoms with E-state index in [0.717, 1.165) is 6.42 Å². The van der Waals surface area contributed by atoms with Crippen LogP contribution < -0.4 is 0 Å². The molecule has 3 nitrogen and oxygen atoms in total. The van der Waals surface area contributed by atoms with Crippen molar-refractivity contribution in [2.24, 2.45) is 5.92 Å². The lowest BCUT2D eigenvalue weighted by atomic mass is 9.86. The number of hydrogen-bond acceptors (Lipinski definition) is 3. The molecule has 17 heavy (non-hydrogen) atoms. The van der Waals surface area contributed by atoms with Gasteiger partial charge in [-0.3, -0.25) is 9.59 Å². The van der Waals surface area contributed by atoms with Crippen LogP contribution in [-0.4, -0.2) is 24.5 Å². The van der Waals surface area contributed by atoms with E-state index in [9.17, 15) is 14.0 Å². The molecule has 96 valence electrons. The first-order valence-corrected chi connectivity index (χ1v) is 5.98. The number of esters is 1. The third-order valence-corrected chi connectivity index (χ3v) is 3.29. The molecular formula is C13H19FO3. The van der Waals surface area contributed by atoms with Crippen molar-refractivity contribution in [1.29, 1.82) is 0 Å². The van der Waals surface area contributed by atoms with E-state index in [1.165, 1.54) is 7.11 Å². The number of allylic oxidation sites excluding steroid dienone is 2. The lowest BCUT2D eigenvalue weighted by Gasteiger charge is -2.23. The van der Waals surface area contributed by atoms with E-state index >= 15 is 0 Å². The van der Waals surface area contributed by atoms with Crippen LogP contribution >= 0.6 is 0 Å². The monoisotopic (exact) mass is 242 g/mol. The number of carbonyl (C=O) groups excluding carboxylic acids is 2. The molecule has 0 heterocycles. The van der Waals surface area contributed by atoms with Crippen molar-refractivity contribution in [3.8, 4) is 0 Å². The van der Waals surface area contributed by atoms with Crippen molar-refractivity contribution in [3.63, 3.8) is 0 Å². The number of halogens is 1. The predicted molar refractivity (Wildman–Crippen MR) is 62.3 cm³/mol. The zero-order valence-electron chi connectivity index (χ0n) is 10.4. The van der Waals surface area contributed by atoms with Gasteiger partial charge < -0.3 is 4.74 Å². The molecule has 0 bridgehead atoms. The van der Waals surface area contributed by atoms with Gasteiger partial charge in [-0.1, -0.05) is 19.1 Å². The summed E-state index contributed by atoms with van der Waals surface area (Å²) >= 11 is 0. The number of carbonyl (C=O) groups is 2. The van der Waals surface area contributed by atoms with Crippen LogP contribution in [0.4, 0.5) is 4.39 Å². The average Bonchev–Trinajstić information content (AvgIpc) is 2.58. The van der Waals surface area contributed by atoms with E-state index < -0.39 is 17.6 Å². The van der Waals surface area contributed by atoms with Gasteiger partial charge in [0.25, 0.3) is 0 Å². The van der Waals surface area contributed by atoms with Crippen molar-refractivity contribution in [1.82, 2.24) is 0 Å². The Morgan fingerprint density at radius 1 is 1.59 bits per heavy atom. The number of hydrogen-bond donors (Lipinski definition) is 0. The minimum Gasteiger partial charge on any atom is -0.469 e. The summed E-state index contributed by atoms with van der Waals surface area (Å²) < 4.78 is 19.1. The number of ketones is 1. The molecule has 1 aliphatic rings. The van der Waals surface area contributed by atoms with Crippen molar-refractivity contribution in [2.45, 2.75) is 44.7 Å². The van der Waals surface area contributed by atoms with Crippen LogP contribution in [0.3, 0.4) is 0 Å². The van der Waals surface area contributed by atoms with Gasteiger partial charge in [-0.15, -0.1) is 0 Å². The molecule has 1 aliphatic carbocycles. The minimum absolute atomic E-state index is 0.0152. The Morgan fingerprint density at radius 2 is 2.29 bits per heavy atom. The molecule has 1 fully saturated rings. The van der Waals surface area contributed by atoms with E-state index in [0.29, 0.717) is 6.42 Å². The second-order valence-corrected chi connectivity index (χ2v) is 4.39. The smallest absolute Gasteiger partial charge is 0.305 e. The predicted octanol–water partition coefficient (Wildman–Crippen LogP) is 2.59. The van der Waals surface area contributed by atoms with E-state index in [1.807, 2.05) is 13.0 Å². The van der Waals surface area contributed by atoms with Gasteiger partial charge in [0.05, 0.1) is 13.5 Å². The highest BCUT2D eigenvalue weighted by atomic mass is 19.1. The van der Waals surface area contributed by atoms with E-state index in [-0.39, 0.29) is 25.0 Å². The normalized spacial score (nSPS) is 28.9. The highest BCUT2D eigenvalue weighted by Gasteiger charge is 2.50. The van der Waals surface area contributed by atoms with Gasteiger partial charge in [0, 0.05) is 18.8 Å². The first-order valence-electron chi connectivity index (χ1n) is 5.98. The fourth-order valence-electron chi connectivity index (χ4n) is 2.22. The SMILES string of the molecule is CC/C=C\C[C@]1(F)C(=O)CC[C@H]1CC(=O)OC. The highest BCUT2D eigenvalue weighted by Crippen LogP contribution is 2.41. The Hall–Kier alpha value is -1.19. The molecule has 1 saturated carbocycles. The zero-order chi connectivity index (χ0) is 12.9. The molecule has 0 aromatic rings. The maximum atomic E-state index is 14.6. The van der Waals surface area contributed by atoms with Crippen molar-refractivity contribution in [3.05, 3.63) is 12.2 Å². The average molecular weight is 242 g/mol. The largest absolute Gasteiger partial charge is 0.469 e. The second-order valence-electron chi connectivity index (χ2n) is 4.39. The summed E-state index contributed by atoms with van der Waals surface area (Å²) in [4.78, 5) is 22.8. The van der Waals surface area contributed by atoms with Crippen molar-refractivity contribution in [2.75, 3.05) is 7.11 Å². The van der Waals surface area contributed by atoms with Gasteiger partial charge in [0.2, 0.25) is 0 Å². The van der Waals surface area contributed by atoms with E-state index in [1.54, 1.807) is 6.08 Å². The van der Waals surface area contributed by atoms with Crippen LogP contribution in [0, 0.1) is 5.92 Å². The van der Waals surface area contributed by atoms with Crippen LogP contribution in [0.5, 0.6) is 0 Å². The minimum atomic E-state index is -1.88. The summed E-state index contributed by atoms with van der Waals surface area (Å²) in [6, 6.07) is 0. The number of ether oxygens (including phenoxy) is 1. The molecule has 1 rings (SSSR count). The maximum Gasteiger partial charge on any atom is 0.305 e. The molecule has 0 saturated heterocycles. The number of alkyl halides is 1. The summed E-state index contributed by atoms with van der Waals surface area (Å²) in [7, 11) is 1.27. The Morgan fingerprint density at radius 3 is 2.88 bits per heavy atom. The molecule has 0 aromatic carbocycles. The molecule has 0 aromatic heterocycles.